The molecule has 19 heavy (non-hydrogen) atoms. The average molecular weight is 289 g/mol. The molecule has 1 aliphatic carbocycles. The predicted octanol–water partition coefficient (Wildman–Crippen LogP) is 1.21. The van der Waals surface area contributed by atoms with Crippen molar-refractivity contribution in [2.24, 2.45) is 11.7 Å². The number of nitrogens with two attached hydrogens (primary N) is 1. The molecule has 1 aliphatic heterocycles. The van der Waals surface area contributed by atoms with Gasteiger partial charge in [-0.25, -0.2) is 0 Å². The van der Waals surface area contributed by atoms with E-state index in [1.165, 1.54) is 19.3 Å². The maximum Gasteiger partial charge on any atom is 0.279 e. The summed E-state index contributed by atoms with van der Waals surface area (Å²) in [6.45, 7) is 1.70. The molecule has 1 saturated carbocycles. The maximum absolute atomic E-state index is 12.4. The van der Waals surface area contributed by atoms with Gasteiger partial charge in [0.15, 0.2) is 0 Å². The van der Waals surface area contributed by atoms with Gasteiger partial charge in [-0.15, -0.1) is 0 Å². The van der Waals surface area contributed by atoms with Gasteiger partial charge in [-0.2, -0.15) is 17.4 Å². The summed E-state index contributed by atoms with van der Waals surface area (Å²) < 4.78 is 29.2. The van der Waals surface area contributed by atoms with Crippen molar-refractivity contribution in [3.05, 3.63) is 0 Å². The molecular formula is C13H27N3O2S. The van der Waals surface area contributed by atoms with E-state index in [4.69, 9.17) is 5.73 Å². The molecule has 112 valence electrons. The highest BCUT2D eigenvalue weighted by Gasteiger charge is 2.30. The topological polar surface area (TPSA) is 75.4 Å². The van der Waals surface area contributed by atoms with E-state index in [-0.39, 0.29) is 6.04 Å². The number of nitrogens with one attached hydrogen (secondary N) is 1. The zero-order chi connectivity index (χ0) is 13.7. The van der Waals surface area contributed by atoms with Gasteiger partial charge < -0.3 is 5.73 Å². The zero-order valence-electron chi connectivity index (χ0n) is 11.7. The second-order valence-electron chi connectivity index (χ2n) is 5.82. The van der Waals surface area contributed by atoms with Crippen molar-refractivity contribution >= 4 is 10.2 Å². The number of rotatable bonds is 5. The van der Waals surface area contributed by atoms with Crippen molar-refractivity contribution in [3.8, 4) is 0 Å². The minimum Gasteiger partial charge on any atom is -0.329 e. The molecule has 3 N–H and O–H groups in total. The largest absolute Gasteiger partial charge is 0.329 e. The molecule has 2 fully saturated rings. The smallest absolute Gasteiger partial charge is 0.279 e. The molecule has 1 heterocycles. The Morgan fingerprint density at radius 1 is 1.05 bits per heavy atom. The van der Waals surface area contributed by atoms with E-state index in [2.05, 4.69) is 4.72 Å². The fourth-order valence-corrected chi connectivity index (χ4v) is 4.80. The molecule has 0 bridgehead atoms. The van der Waals surface area contributed by atoms with Gasteiger partial charge in [-0.3, -0.25) is 0 Å². The number of hydrogen-bond acceptors (Lipinski definition) is 3. The van der Waals surface area contributed by atoms with Gasteiger partial charge in [0.1, 0.15) is 0 Å². The standard InChI is InChI=1S/C13H27N3O2S/c14-11-13(12-7-3-1-4-8-12)15-19(17,18)16-9-5-2-6-10-16/h12-13,15H,1-11,14H2. The Bertz CT molecular complexity index is 360. The van der Waals surface area contributed by atoms with Crippen LogP contribution in [0.5, 0.6) is 0 Å². The van der Waals surface area contributed by atoms with Crippen LogP contribution in [0.15, 0.2) is 0 Å². The minimum absolute atomic E-state index is 0.0905. The summed E-state index contributed by atoms with van der Waals surface area (Å²) in [4.78, 5) is 0. The second kappa shape index (κ2) is 7.02. The first-order chi connectivity index (χ1) is 9.13. The van der Waals surface area contributed by atoms with Crippen LogP contribution in [-0.2, 0) is 10.2 Å². The third kappa shape index (κ3) is 4.15. The Kier molecular flexibility index (Phi) is 5.62. The van der Waals surface area contributed by atoms with Gasteiger partial charge in [0.2, 0.25) is 0 Å². The number of piperidine rings is 1. The summed E-state index contributed by atoms with van der Waals surface area (Å²) in [5.41, 5.74) is 5.79. The Labute approximate surface area is 117 Å². The third-order valence-electron chi connectivity index (χ3n) is 4.43. The molecule has 5 nitrogen and oxygen atoms in total. The molecule has 1 saturated heterocycles. The molecule has 6 heteroatoms. The fourth-order valence-electron chi connectivity index (χ4n) is 3.24. The van der Waals surface area contributed by atoms with Crippen LogP contribution in [-0.4, -0.2) is 38.4 Å². The maximum atomic E-state index is 12.4. The zero-order valence-corrected chi connectivity index (χ0v) is 12.5. The summed E-state index contributed by atoms with van der Waals surface area (Å²) >= 11 is 0. The van der Waals surface area contributed by atoms with Crippen LogP contribution in [0.4, 0.5) is 0 Å². The Balaban J connectivity index is 1.95. The van der Waals surface area contributed by atoms with E-state index in [0.717, 1.165) is 32.1 Å². The summed E-state index contributed by atoms with van der Waals surface area (Å²) in [7, 11) is -3.34. The lowest BCUT2D eigenvalue weighted by molar-refractivity contribution is 0.283. The first-order valence-electron chi connectivity index (χ1n) is 7.61. The Morgan fingerprint density at radius 3 is 2.21 bits per heavy atom. The van der Waals surface area contributed by atoms with Crippen molar-refractivity contribution in [1.82, 2.24) is 9.03 Å². The van der Waals surface area contributed by atoms with E-state index in [0.29, 0.717) is 25.6 Å². The summed E-state index contributed by atoms with van der Waals surface area (Å²) in [6.07, 6.45) is 8.95. The summed E-state index contributed by atoms with van der Waals surface area (Å²) in [6, 6.07) is -0.0905. The van der Waals surface area contributed by atoms with Gasteiger partial charge in [-0.05, 0) is 31.6 Å². The van der Waals surface area contributed by atoms with Gasteiger partial charge in [0, 0.05) is 25.7 Å². The summed E-state index contributed by atoms with van der Waals surface area (Å²) in [5.74, 6) is 0.415. The van der Waals surface area contributed by atoms with Gasteiger partial charge in [0.25, 0.3) is 10.2 Å². The normalized spacial score (nSPS) is 25.3. The lowest BCUT2D eigenvalue weighted by atomic mass is 9.84. The predicted molar refractivity (Wildman–Crippen MR) is 76.9 cm³/mol. The molecule has 0 radical (unpaired) electrons. The quantitative estimate of drug-likeness (QED) is 0.799. The van der Waals surface area contributed by atoms with Crippen LogP contribution in [0.25, 0.3) is 0 Å². The van der Waals surface area contributed by atoms with Crippen molar-refractivity contribution in [1.29, 1.82) is 0 Å². The molecule has 0 amide bonds. The van der Waals surface area contributed by atoms with Gasteiger partial charge >= 0.3 is 0 Å². The van der Waals surface area contributed by atoms with E-state index in [1.807, 2.05) is 0 Å². The SMILES string of the molecule is NCC(NS(=O)(=O)N1CCCCC1)C1CCCCC1. The van der Waals surface area contributed by atoms with Gasteiger partial charge in [-0.1, -0.05) is 25.7 Å². The van der Waals surface area contributed by atoms with E-state index < -0.39 is 10.2 Å². The first kappa shape index (κ1) is 15.2. The van der Waals surface area contributed by atoms with Crippen molar-refractivity contribution in [2.75, 3.05) is 19.6 Å². The van der Waals surface area contributed by atoms with Crippen LogP contribution < -0.4 is 10.5 Å². The molecule has 1 atom stereocenters. The minimum atomic E-state index is -3.34. The average Bonchev–Trinajstić information content (AvgIpc) is 2.47. The lowest BCUT2D eigenvalue weighted by Crippen LogP contribution is -2.52. The van der Waals surface area contributed by atoms with Crippen LogP contribution in [0.2, 0.25) is 0 Å². The van der Waals surface area contributed by atoms with Crippen molar-refractivity contribution in [2.45, 2.75) is 57.4 Å². The highest BCUT2D eigenvalue weighted by atomic mass is 32.2. The van der Waals surface area contributed by atoms with E-state index in [1.54, 1.807) is 4.31 Å². The van der Waals surface area contributed by atoms with E-state index >= 15 is 0 Å². The van der Waals surface area contributed by atoms with Crippen LogP contribution in [0.3, 0.4) is 0 Å². The molecule has 2 aliphatic rings. The summed E-state index contributed by atoms with van der Waals surface area (Å²) in [5, 5.41) is 0. The Hall–Kier alpha value is -0.170. The lowest BCUT2D eigenvalue weighted by Gasteiger charge is -2.33. The van der Waals surface area contributed by atoms with Crippen molar-refractivity contribution < 1.29 is 8.42 Å². The first-order valence-corrected chi connectivity index (χ1v) is 9.05. The van der Waals surface area contributed by atoms with Crippen LogP contribution >= 0.6 is 0 Å². The molecule has 0 aromatic heterocycles. The molecule has 0 aromatic carbocycles. The number of hydrogen-bond donors (Lipinski definition) is 2. The molecule has 1 unspecified atom stereocenters. The Morgan fingerprint density at radius 2 is 1.63 bits per heavy atom. The highest BCUT2D eigenvalue weighted by molar-refractivity contribution is 7.87. The van der Waals surface area contributed by atoms with Crippen LogP contribution in [0, 0.1) is 5.92 Å². The van der Waals surface area contributed by atoms with Crippen LogP contribution in [0.1, 0.15) is 51.4 Å². The van der Waals surface area contributed by atoms with E-state index in [9.17, 15) is 8.42 Å². The van der Waals surface area contributed by atoms with Gasteiger partial charge in [0.05, 0.1) is 0 Å². The third-order valence-corrected chi connectivity index (χ3v) is 6.07. The molecule has 0 spiro atoms. The highest BCUT2D eigenvalue weighted by Crippen LogP contribution is 2.26. The fraction of sp³-hybridized carbons (Fsp3) is 1.00. The molecular weight excluding hydrogens is 262 g/mol. The monoisotopic (exact) mass is 289 g/mol. The second-order valence-corrected chi connectivity index (χ2v) is 7.53. The number of nitrogens with zero attached hydrogens (tertiary/aromatic N) is 1. The van der Waals surface area contributed by atoms with Crippen molar-refractivity contribution in [3.63, 3.8) is 0 Å². The molecule has 0 aromatic rings. The molecule has 2 rings (SSSR count).